The minimum absolute atomic E-state index is 0.511. The number of hydrogen-bond donors (Lipinski definition) is 4. The van der Waals surface area contributed by atoms with Crippen LogP contribution in [0, 0.1) is 0 Å². The molecule has 0 aromatic heterocycles. The molecule has 0 bridgehead atoms. The van der Waals surface area contributed by atoms with Crippen LogP contribution in [0.3, 0.4) is 0 Å². The van der Waals surface area contributed by atoms with Crippen LogP contribution in [0.1, 0.15) is 0 Å². The Kier molecular flexibility index (Phi) is 4.31. The van der Waals surface area contributed by atoms with Crippen molar-refractivity contribution >= 4 is 28.9 Å². The predicted octanol–water partition coefficient (Wildman–Crippen LogP) is 1.36. The molecule has 5 N–H and O–H groups in total. The van der Waals surface area contributed by atoms with Gasteiger partial charge in [-0.3, -0.25) is 15.0 Å². The molecular weight excluding hydrogens is 256 g/mol. The second kappa shape index (κ2) is 6.35. The predicted molar refractivity (Wildman–Crippen MR) is 77.1 cm³/mol. The molecule has 2 rings (SSSR count). The lowest BCUT2D eigenvalue weighted by molar-refractivity contribution is -0.136. The van der Waals surface area contributed by atoms with Crippen molar-refractivity contribution in [3.05, 3.63) is 54.6 Å². The number of benzene rings is 2. The van der Waals surface area contributed by atoms with Gasteiger partial charge in [0, 0.05) is 17.1 Å². The Bertz CT molecular complexity index is 596. The first-order valence-corrected chi connectivity index (χ1v) is 5.93. The summed E-state index contributed by atoms with van der Waals surface area (Å²) in [6, 6.07) is 16.7. The number of carbonyl (C=O) groups is 2. The second-order valence-corrected chi connectivity index (χ2v) is 4.00. The van der Waals surface area contributed by atoms with E-state index >= 15 is 0 Å². The van der Waals surface area contributed by atoms with Gasteiger partial charge in [0.25, 0.3) is 0 Å². The van der Waals surface area contributed by atoms with Crippen LogP contribution in [-0.2, 0) is 9.59 Å². The van der Waals surface area contributed by atoms with Crippen LogP contribution in [0.25, 0.3) is 0 Å². The Labute approximate surface area is 116 Å². The summed E-state index contributed by atoms with van der Waals surface area (Å²) in [6.07, 6.45) is 0. The average molecular weight is 270 g/mol. The zero-order chi connectivity index (χ0) is 14.4. The van der Waals surface area contributed by atoms with Gasteiger partial charge in [-0.15, -0.1) is 0 Å². The highest BCUT2D eigenvalue weighted by Gasteiger charge is 2.11. The number of para-hydroxylation sites is 1. The molecule has 0 fully saturated rings. The fourth-order valence-corrected chi connectivity index (χ4v) is 1.58. The Morgan fingerprint density at radius 2 is 1.30 bits per heavy atom. The third-order valence-electron chi connectivity index (χ3n) is 2.54. The van der Waals surface area contributed by atoms with Crippen molar-refractivity contribution in [2.45, 2.75) is 0 Å². The lowest BCUT2D eigenvalue weighted by atomic mass is 10.2. The molecule has 0 saturated carbocycles. The number of anilines is 3. The van der Waals surface area contributed by atoms with Crippen molar-refractivity contribution in [1.29, 1.82) is 0 Å². The summed E-state index contributed by atoms with van der Waals surface area (Å²) in [6.45, 7) is 0. The van der Waals surface area contributed by atoms with Crippen LogP contribution >= 0.6 is 0 Å². The van der Waals surface area contributed by atoms with Gasteiger partial charge in [-0.2, -0.15) is 0 Å². The van der Waals surface area contributed by atoms with E-state index in [1.54, 1.807) is 29.7 Å². The normalized spacial score (nSPS) is 9.65. The molecule has 0 spiro atoms. The van der Waals surface area contributed by atoms with Crippen LogP contribution in [0.5, 0.6) is 0 Å². The van der Waals surface area contributed by atoms with E-state index in [0.717, 1.165) is 11.4 Å². The molecule has 102 valence electrons. The first-order valence-electron chi connectivity index (χ1n) is 5.93. The Morgan fingerprint density at radius 1 is 0.750 bits per heavy atom. The number of carbonyl (C=O) groups excluding carboxylic acids is 2. The molecule has 0 unspecified atom stereocenters. The highest BCUT2D eigenvalue weighted by molar-refractivity contribution is 6.39. The fourth-order valence-electron chi connectivity index (χ4n) is 1.58. The van der Waals surface area contributed by atoms with Gasteiger partial charge in [0.2, 0.25) is 0 Å². The summed E-state index contributed by atoms with van der Waals surface area (Å²) in [4.78, 5) is 22.3. The van der Waals surface area contributed by atoms with E-state index in [4.69, 9.17) is 5.84 Å². The van der Waals surface area contributed by atoms with Crippen LogP contribution in [0.15, 0.2) is 54.6 Å². The average Bonchev–Trinajstić information content (AvgIpc) is 2.49. The SMILES string of the molecule is NNC(=O)C(=O)Nc1ccc(Nc2ccccc2)cc1. The minimum atomic E-state index is -0.892. The quantitative estimate of drug-likeness (QED) is 0.293. The van der Waals surface area contributed by atoms with Gasteiger partial charge in [-0.05, 0) is 36.4 Å². The van der Waals surface area contributed by atoms with Crippen molar-refractivity contribution in [3.8, 4) is 0 Å². The van der Waals surface area contributed by atoms with Gasteiger partial charge in [-0.25, -0.2) is 5.84 Å². The number of rotatable bonds is 3. The molecule has 0 radical (unpaired) electrons. The lowest BCUT2D eigenvalue weighted by Gasteiger charge is -2.08. The molecule has 0 heterocycles. The molecule has 6 heteroatoms. The zero-order valence-electron chi connectivity index (χ0n) is 10.6. The lowest BCUT2D eigenvalue weighted by Crippen LogP contribution is -2.39. The van der Waals surface area contributed by atoms with E-state index in [-0.39, 0.29) is 0 Å². The summed E-state index contributed by atoms with van der Waals surface area (Å²) >= 11 is 0. The van der Waals surface area contributed by atoms with Gasteiger partial charge in [0.05, 0.1) is 0 Å². The highest BCUT2D eigenvalue weighted by Crippen LogP contribution is 2.18. The van der Waals surface area contributed by atoms with Gasteiger partial charge in [0.15, 0.2) is 0 Å². The van der Waals surface area contributed by atoms with Crippen molar-refractivity contribution < 1.29 is 9.59 Å². The molecule has 0 atom stereocenters. The molecule has 2 amide bonds. The monoisotopic (exact) mass is 270 g/mol. The molecule has 20 heavy (non-hydrogen) atoms. The van der Waals surface area contributed by atoms with Gasteiger partial charge < -0.3 is 10.6 Å². The Balaban J connectivity index is 2.00. The van der Waals surface area contributed by atoms with Crippen molar-refractivity contribution in [3.63, 3.8) is 0 Å². The zero-order valence-corrected chi connectivity index (χ0v) is 10.6. The van der Waals surface area contributed by atoms with Gasteiger partial charge in [0.1, 0.15) is 0 Å². The highest BCUT2D eigenvalue weighted by atomic mass is 16.2. The topological polar surface area (TPSA) is 96.2 Å². The molecule has 6 nitrogen and oxygen atoms in total. The van der Waals surface area contributed by atoms with Crippen LogP contribution < -0.4 is 21.9 Å². The van der Waals surface area contributed by atoms with Crippen LogP contribution in [0.4, 0.5) is 17.1 Å². The molecule has 2 aromatic rings. The summed E-state index contributed by atoms with van der Waals surface area (Å²) in [5.41, 5.74) is 4.11. The fraction of sp³-hybridized carbons (Fsp3) is 0. The maximum Gasteiger partial charge on any atom is 0.323 e. The minimum Gasteiger partial charge on any atom is -0.356 e. The number of hydrazine groups is 1. The van der Waals surface area contributed by atoms with E-state index in [1.807, 2.05) is 30.3 Å². The first kappa shape index (κ1) is 13.6. The second-order valence-electron chi connectivity index (χ2n) is 4.00. The van der Waals surface area contributed by atoms with E-state index in [2.05, 4.69) is 10.6 Å². The smallest absolute Gasteiger partial charge is 0.323 e. The van der Waals surface area contributed by atoms with Gasteiger partial charge in [-0.1, -0.05) is 18.2 Å². The summed E-state index contributed by atoms with van der Waals surface area (Å²) in [5, 5.41) is 5.63. The maximum absolute atomic E-state index is 11.3. The maximum atomic E-state index is 11.3. The van der Waals surface area contributed by atoms with Crippen molar-refractivity contribution in [2.24, 2.45) is 5.84 Å². The molecular formula is C14H14N4O2. The third-order valence-corrected chi connectivity index (χ3v) is 2.54. The number of amides is 2. The summed E-state index contributed by atoms with van der Waals surface area (Å²) < 4.78 is 0. The van der Waals surface area contributed by atoms with Crippen molar-refractivity contribution in [2.75, 3.05) is 10.6 Å². The first-order chi connectivity index (χ1) is 9.69. The molecule has 0 aliphatic carbocycles. The Morgan fingerprint density at radius 3 is 1.90 bits per heavy atom. The number of hydrogen-bond acceptors (Lipinski definition) is 4. The van der Waals surface area contributed by atoms with Crippen molar-refractivity contribution in [1.82, 2.24) is 5.43 Å². The number of nitrogens with one attached hydrogen (secondary N) is 3. The van der Waals surface area contributed by atoms with E-state index < -0.39 is 11.8 Å². The number of nitrogens with two attached hydrogens (primary N) is 1. The standard InChI is InChI=1S/C14H14N4O2/c15-18-14(20)13(19)17-12-8-6-11(7-9-12)16-10-4-2-1-3-5-10/h1-9,16H,15H2,(H,17,19)(H,18,20). The van der Waals surface area contributed by atoms with Crippen LogP contribution in [-0.4, -0.2) is 11.8 Å². The van der Waals surface area contributed by atoms with E-state index in [9.17, 15) is 9.59 Å². The third kappa shape index (κ3) is 3.56. The largest absolute Gasteiger partial charge is 0.356 e. The Hall–Kier alpha value is -2.86. The summed E-state index contributed by atoms with van der Waals surface area (Å²) in [5.74, 6) is 3.17. The molecule has 0 saturated heterocycles. The molecule has 2 aromatic carbocycles. The molecule has 0 aliphatic rings. The van der Waals surface area contributed by atoms with E-state index in [0.29, 0.717) is 5.69 Å². The van der Waals surface area contributed by atoms with Crippen LogP contribution in [0.2, 0.25) is 0 Å². The van der Waals surface area contributed by atoms with E-state index in [1.165, 1.54) is 0 Å². The summed E-state index contributed by atoms with van der Waals surface area (Å²) in [7, 11) is 0. The molecule has 0 aliphatic heterocycles. The van der Waals surface area contributed by atoms with Gasteiger partial charge >= 0.3 is 11.8 Å².